The summed E-state index contributed by atoms with van der Waals surface area (Å²) in [6.07, 6.45) is 3.18. The Kier molecular flexibility index (Phi) is 4.57. The van der Waals surface area contributed by atoms with Gasteiger partial charge in [0.15, 0.2) is 0 Å². The van der Waals surface area contributed by atoms with Gasteiger partial charge in [0.2, 0.25) is 0 Å². The largest absolute Gasteiger partial charge is 0.481 e. The summed E-state index contributed by atoms with van der Waals surface area (Å²) in [4.78, 5) is 24.6. The first-order valence-corrected chi connectivity index (χ1v) is 10.8. The van der Waals surface area contributed by atoms with E-state index < -0.39 is 23.5 Å². The first kappa shape index (κ1) is 19.2. The Morgan fingerprint density at radius 1 is 1.03 bits per heavy atom. The van der Waals surface area contributed by atoms with Crippen molar-refractivity contribution in [1.29, 1.82) is 0 Å². The highest BCUT2D eigenvalue weighted by atomic mass is 16.5. The van der Waals surface area contributed by atoms with Crippen LogP contribution in [0.3, 0.4) is 0 Å². The predicted octanol–water partition coefficient (Wildman–Crippen LogP) is 4.80. The molecule has 2 saturated carbocycles. The molecule has 156 valence electrons. The highest BCUT2D eigenvalue weighted by molar-refractivity contribution is 5.79. The topological polar surface area (TPSA) is 75.6 Å². The summed E-state index contributed by atoms with van der Waals surface area (Å²) in [6, 6.07) is 16.0. The highest BCUT2D eigenvalue weighted by Gasteiger charge is 2.53. The lowest BCUT2D eigenvalue weighted by atomic mass is 9.84. The van der Waals surface area contributed by atoms with Gasteiger partial charge in [-0.1, -0.05) is 48.5 Å². The quantitative estimate of drug-likeness (QED) is 0.749. The molecule has 3 aliphatic rings. The summed E-state index contributed by atoms with van der Waals surface area (Å²) in [6.45, 7) is 1.99. The third kappa shape index (κ3) is 3.17. The molecule has 3 unspecified atom stereocenters. The fraction of sp³-hybridized carbons (Fsp3) is 0.440. The molecule has 5 rings (SSSR count). The normalized spacial score (nSPS) is 27.4. The molecule has 0 saturated heterocycles. The van der Waals surface area contributed by atoms with Gasteiger partial charge in [0.25, 0.3) is 0 Å². The molecule has 2 N–H and O–H groups in total. The van der Waals surface area contributed by atoms with Crippen LogP contribution in [0.2, 0.25) is 0 Å². The van der Waals surface area contributed by atoms with E-state index in [2.05, 4.69) is 29.6 Å². The molecule has 30 heavy (non-hydrogen) atoms. The summed E-state index contributed by atoms with van der Waals surface area (Å²) in [5.41, 5.74) is 3.76. The smallest absolute Gasteiger partial charge is 0.407 e. The van der Waals surface area contributed by atoms with Crippen LogP contribution in [0.5, 0.6) is 0 Å². The van der Waals surface area contributed by atoms with E-state index in [1.165, 1.54) is 24.0 Å². The number of nitrogens with one attached hydrogen (secondary N) is 1. The number of ether oxygens (including phenoxy) is 1. The number of carbonyl (C=O) groups excluding carboxylic acids is 1. The van der Waals surface area contributed by atoms with Gasteiger partial charge in [-0.3, -0.25) is 4.79 Å². The van der Waals surface area contributed by atoms with Crippen LogP contribution in [0.4, 0.5) is 4.79 Å². The van der Waals surface area contributed by atoms with Crippen molar-refractivity contribution < 1.29 is 19.4 Å². The number of carboxylic acid groups (broad SMARTS) is 1. The third-order valence-corrected chi connectivity index (χ3v) is 7.41. The minimum absolute atomic E-state index is 0.00296. The van der Waals surface area contributed by atoms with Gasteiger partial charge in [-0.25, -0.2) is 4.79 Å². The Morgan fingerprint density at radius 2 is 1.63 bits per heavy atom. The Balaban J connectivity index is 1.28. The predicted molar refractivity (Wildman–Crippen MR) is 113 cm³/mol. The zero-order chi connectivity index (χ0) is 20.9. The van der Waals surface area contributed by atoms with Crippen molar-refractivity contribution in [3.63, 3.8) is 0 Å². The molecule has 0 spiro atoms. The van der Waals surface area contributed by atoms with Crippen LogP contribution in [-0.2, 0) is 9.53 Å². The second-order valence-electron chi connectivity index (χ2n) is 9.28. The van der Waals surface area contributed by atoms with Gasteiger partial charge >= 0.3 is 12.1 Å². The maximum atomic E-state index is 12.7. The van der Waals surface area contributed by atoms with Crippen molar-refractivity contribution in [2.75, 3.05) is 6.61 Å². The van der Waals surface area contributed by atoms with Crippen LogP contribution in [-0.4, -0.2) is 29.8 Å². The molecule has 5 nitrogen and oxygen atoms in total. The minimum atomic E-state index is -0.932. The average Bonchev–Trinajstić information content (AvgIpc) is 3.47. The molecular formula is C25H27NO4. The van der Waals surface area contributed by atoms with E-state index in [1.807, 2.05) is 24.3 Å². The Morgan fingerprint density at radius 3 is 2.20 bits per heavy atom. The number of fused-ring (bicyclic) bond motifs is 3. The Labute approximate surface area is 176 Å². The first-order chi connectivity index (χ1) is 14.5. The van der Waals surface area contributed by atoms with E-state index in [4.69, 9.17) is 4.74 Å². The van der Waals surface area contributed by atoms with Gasteiger partial charge in [0.05, 0.1) is 5.41 Å². The maximum Gasteiger partial charge on any atom is 0.407 e. The van der Waals surface area contributed by atoms with Gasteiger partial charge in [-0.05, 0) is 66.7 Å². The number of hydrogen-bond acceptors (Lipinski definition) is 3. The zero-order valence-corrected chi connectivity index (χ0v) is 17.1. The van der Waals surface area contributed by atoms with Gasteiger partial charge in [-0.2, -0.15) is 0 Å². The average molecular weight is 405 g/mol. The lowest BCUT2D eigenvalue weighted by molar-refractivity contribution is -0.148. The van der Waals surface area contributed by atoms with E-state index in [0.29, 0.717) is 18.3 Å². The van der Waals surface area contributed by atoms with Crippen LogP contribution in [0.15, 0.2) is 48.5 Å². The number of aliphatic carboxylic acids is 1. The number of benzene rings is 2. The van der Waals surface area contributed by atoms with E-state index in [0.717, 1.165) is 17.5 Å². The van der Waals surface area contributed by atoms with Crippen molar-refractivity contribution in [3.05, 3.63) is 59.7 Å². The molecule has 3 atom stereocenters. The fourth-order valence-electron chi connectivity index (χ4n) is 5.50. The van der Waals surface area contributed by atoms with Gasteiger partial charge in [-0.15, -0.1) is 0 Å². The standard InChI is InChI=1S/C25H27NO4/c1-25(23(27)28)13-16(15-10-11-15)12-22(25)26-24(29)30-14-21-19-8-4-2-6-17(19)18-7-3-5-9-20(18)21/h2-9,15-16,21-22H,10-14H2,1H3,(H,26,29)(H,27,28). The molecule has 0 aliphatic heterocycles. The lowest BCUT2D eigenvalue weighted by Crippen LogP contribution is -2.47. The Hall–Kier alpha value is -2.82. The number of carbonyl (C=O) groups is 2. The molecular weight excluding hydrogens is 378 g/mol. The molecule has 2 aromatic carbocycles. The van der Waals surface area contributed by atoms with E-state index in [9.17, 15) is 14.7 Å². The molecule has 2 fully saturated rings. The van der Waals surface area contributed by atoms with Gasteiger partial charge in [0, 0.05) is 12.0 Å². The van der Waals surface area contributed by atoms with Crippen LogP contribution in [0.1, 0.15) is 49.7 Å². The van der Waals surface area contributed by atoms with Gasteiger partial charge in [0.1, 0.15) is 6.61 Å². The zero-order valence-electron chi connectivity index (χ0n) is 17.1. The number of amides is 1. The maximum absolute atomic E-state index is 12.7. The summed E-state index contributed by atoms with van der Waals surface area (Å²) in [5, 5.41) is 12.7. The van der Waals surface area contributed by atoms with E-state index >= 15 is 0 Å². The van der Waals surface area contributed by atoms with E-state index in [1.54, 1.807) is 6.92 Å². The molecule has 1 amide bonds. The second-order valence-corrected chi connectivity index (χ2v) is 9.28. The highest BCUT2D eigenvalue weighted by Crippen LogP contribution is 2.52. The monoisotopic (exact) mass is 405 g/mol. The summed E-state index contributed by atoms with van der Waals surface area (Å²) in [7, 11) is 0. The molecule has 2 aromatic rings. The third-order valence-electron chi connectivity index (χ3n) is 7.41. The molecule has 0 heterocycles. The van der Waals surface area contributed by atoms with Gasteiger partial charge < -0.3 is 15.2 Å². The van der Waals surface area contributed by atoms with Crippen LogP contribution in [0, 0.1) is 17.3 Å². The molecule has 3 aliphatic carbocycles. The second kappa shape index (κ2) is 7.15. The Bertz CT molecular complexity index is 953. The summed E-state index contributed by atoms with van der Waals surface area (Å²) < 4.78 is 5.64. The SMILES string of the molecule is CC1(C(=O)O)CC(C2CC2)CC1NC(=O)OCC1c2ccccc2-c2ccccc21. The van der Waals surface area contributed by atoms with Crippen LogP contribution >= 0.6 is 0 Å². The van der Waals surface area contributed by atoms with Crippen LogP contribution in [0.25, 0.3) is 11.1 Å². The number of alkyl carbamates (subject to hydrolysis) is 1. The van der Waals surface area contributed by atoms with Crippen molar-refractivity contribution in [2.24, 2.45) is 17.3 Å². The summed E-state index contributed by atoms with van der Waals surface area (Å²) >= 11 is 0. The van der Waals surface area contributed by atoms with Crippen molar-refractivity contribution in [2.45, 2.75) is 44.6 Å². The fourth-order valence-corrected chi connectivity index (χ4v) is 5.50. The number of hydrogen-bond donors (Lipinski definition) is 2. The molecule has 0 bridgehead atoms. The minimum Gasteiger partial charge on any atom is -0.481 e. The van der Waals surface area contributed by atoms with Crippen molar-refractivity contribution in [1.82, 2.24) is 5.32 Å². The lowest BCUT2D eigenvalue weighted by Gasteiger charge is -2.27. The van der Waals surface area contributed by atoms with E-state index in [-0.39, 0.29) is 12.5 Å². The molecule has 0 radical (unpaired) electrons. The number of rotatable bonds is 5. The number of carboxylic acids is 1. The summed E-state index contributed by atoms with van der Waals surface area (Å²) in [5.74, 6) is 0.161. The molecule has 0 aromatic heterocycles. The van der Waals surface area contributed by atoms with Crippen LogP contribution < -0.4 is 5.32 Å². The first-order valence-electron chi connectivity index (χ1n) is 10.8. The molecule has 5 heteroatoms. The van der Waals surface area contributed by atoms with Crippen molar-refractivity contribution >= 4 is 12.1 Å². The van der Waals surface area contributed by atoms with Crippen molar-refractivity contribution in [3.8, 4) is 11.1 Å².